The second-order valence-electron chi connectivity index (χ2n) is 3.86. The number of nitrogen functional groups attached to an aromatic ring is 1. The monoisotopic (exact) mass is 252 g/mol. The highest BCUT2D eigenvalue weighted by molar-refractivity contribution is 5.99. The second-order valence-corrected chi connectivity index (χ2v) is 3.86. The summed E-state index contributed by atoms with van der Waals surface area (Å²) in [6.07, 6.45) is 1.35. The van der Waals surface area contributed by atoms with Crippen molar-refractivity contribution in [1.29, 1.82) is 0 Å². The van der Waals surface area contributed by atoms with E-state index in [9.17, 15) is 14.4 Å². The number of imide groups is 1. The maximum absolute atomic E-state index is 11.4. The van der Waals surface area contributed by atoms with Gasteiger partial charge in [0.05, 0.1) is 19.4 Å². The Bertz CT molecular complexity index is 480. The molecule has 1 fully saturated rings. The summed E-state index contributed by atoms with van der Waals surface area (Å²) < 4.78 is 5.01. The molecule has 2 heterocycles. The number of hydrogen-bond acceptors (Lipinski definition) is 6. The Morgan fingerprint density at radius 2 is 2.11 bits per heavy atom. The molecule has 1 aromatic heterocycles. The lowest BCUT2D eigenvalue weighted by atomic mass is 10.2. The lowest BCUT2D eigenvalue weighted by Crippen LogP contribution is -2.51. The van der Waals surface area contributed by atoms with Crippen LogP contribution in [0.15, 0.2) is 16.7 Å². The fourth-order valence-corrected chi connectivity index (χ4v) is 1.77. The molecule has 0 aliphatic carbocycles. The van der Waals surface area contributed by atoms with Crippen LogP contribution in [0.25, 0.3) is 0 Å². The molecular weight excluding hydrogens is 240 g/mol. The number of nitrogens with two attached hydrogens (primary N) is 1. The van der Waals surface area contributed by atoms with Crippen LogP contribution < -0.4 is 16.6 Å². The van der Waals surface area contributed by atoms with E-state index in [0.29, 0.717) is 5.56 Å². The maximum Gasteiger partial charge on any atom is 0.301 e. The first-order valence-corrected chi connectivity index (χ1v) is 5.22. The molecule has 96 valence electrons. The third-order valence-electron chi connectivity index (χ3n) is 2.49. The first kappa shape index (κ1) is 12.3. The van der Waals surface area contributed by atoms with Gasteiger partial charge in [0, 0.05) is 12.1 Å². The lowest BCUT2D eigenvalue weighted by molar-refractivity contribution is -0.136. The Labute approximate surface area is 102 Å². The summed E-state index contributed by atoms with van der Waals surface area (Å²) in [5.41, 5.74) is 2.54. The molecule has 0 atom stereocenters. The minimum absolute atomic E-state index is 0.0796. The average molecular weight is 252 g/mol. The SMILES string of the molecule is NNC(=O)c1occc1CN1CC(=O)NC(=O)C1. The molecule has 18 heavy (non-hydrogen) atoms. The zero-order valence-electron chi connectivity index (χ0n) is 9.43. The third kappa shape index (κ3) is 2.55. The van der Waals surface area contributed by atoms with Crippen LogP contribution in [0, 0.1) is 0 Å². The van der Waals surface area contributed by atoms with Crippen LogP contribution in [0.1, 0.15) is 16.1 Å². The molecule has 0 bridgehead atoms. The fourth-order valence-electron chi connectivity index (χ4n) is 1.77. The van der Waals surface area contributed by atoms with Gasteiger partial charge < -0.3 is 4.42 Å². The number of carbonyl (C=O) groups is 3. The van der Waals surface area contributed by atoms with Crippen LogP contribution in [0.4, 0.5) is 0 Å². The minimum Gasteiger partial charge on any atom is -0.459 e. The first-order chi connectivity index (χ1) is 8.60. The second kappa shape index (κ2) is 4.98. The van der Waals surface area contributed by atoms with E-state index in [2.05, 4.69) is 5.32 Å². The van der Waals surface area contributed by atoms with Crippen molar-refractivity contribution in [3.8, 4) is 0 Å². The van der Waals surface area contributed by atoms with E-state index in [4.69, 9.17) is 10.3 Å². The summed E-state index contributed by atoms with van der Waals surface area (Å²) in [5.74, 6) is 3.82. The molecule has 1 saturated heterocycles. The van der Waals surface area contributed by atoms with Crippen LogP contribution in [0.3, 0.4) is 0 Å². The van der Waals surface area contributed by atoms with E-state index in [0.717, 1.165) is 0 Å². The van der Waals surface area contributed by atoms with Crippen molar-refractivity contribution in [2.75, 3.05) is 13.1 Å². The van der Waals surface area contributed by atoms with Gasteiger partial charge in [0.2, 0.25) is 11.8 Å². The van der Waals surface area contributed by atoms with Crippen molar-refractivity contribution < 1.29 is 18.8 Å². The Morgan fingerprint density at radius 3 is 2.72 bits per heavy atom. The number of hydrazine groups is 1. The van der Waals surface area contributed by atoms with Crippen LogP contribution in [-0.2, 0) is 16.1 Å². The van der Waals surface area contributed by atoms with Gasteiger partial charge in [-0.3, -0.25) is 30.0 Å². The molecule has 0 unspecified atom stereocenters. The summed E-state index contributed by atoms with van der Waals surface area (Å²) in [5, 5.41) is 2.20. The smallest absolute Gasteiger partial charge is 0.301 e. The lowest BCUT2D eigenvalue weighted by Gasteiger charge is -2.24. The standard InChI is InChI=1S/C10H12N4O4/c11-13-10(17)9-6(1-2-18-9)3-14-4-7(15)12-8(16)5-14/h1-2H,3-5,11H2,(H,13,17)(H,12,15,16). The highest BCUT2D eigenvalue weighted by Crippen LogP contribution is 2.13. The van der Waals surface area contributed by atoms with Gasteiger partial charge in [0.25, 0.3) is 0 Å². The van der Waals surface area contributed by atoms with E-state index in [-0.39, 0.29) is 37.2 Å². The molecule has 0 aromatic carbocycles. The summed E-state index contributed by atoms with van der Waals surface area (Å²) in [6, 6.07) is 1.60. The fraction of sp³-hybridized carbons (Fsp3) is 0.300. The van der Waals surface area contributed by atoms with Gasteiger partial charge in [0.1, 0.15) is 0 Å². The highest BCUT2D eigenvalue weighted by atomic mass is 16.3. The number of furan rings is 1. The van der Waals surface area contributed by atoms with Gasteiger partial charge in [-0.1, -0.05) is 0 Å². The van der Waals surface area contributed by atoms with Crippen molar-refractivity contribution in [3.63, 3.8) is 0 Å². The van der Waals surface area contributed by atoms with Crippen LogP contribution in [0.5, 0.6) is 0 Å². The third-order valence-corrected chi connectivity index (χ3v) is 2.49. The van der Waals surface area contributed by atoms with E-state index >= 15 is 0 Å². The van der Waals surface area contributed by atoms with Gasteiger partial charge in [0.15, 0.2) is 5.76 Å². The number of nitrogens with one attached hydrogen (secondary N) is 2. The summed E-state index contributed by atoms with van der Waals surface area (Å²) in [7, 11) is 0. The number of hydrogen-bond donors (Lipinski definition) is 3. The number of carbonyl (C=O) groups excluding carboxylic acids is 3. The predicted molar refractivity (Wildman–Crippen MR) is 58.8 cm³/mol. The molecule has 0 saturated carbocycles. The molecule has 4 N–H and O–H groups in total. The normalized spacial score (nSPS) is 16.5. The van der Waals surface area contributed by atoms with Gasteiger partial charge in [-0.15, -0.1) is 0 Å². The van der Waals surface area contributed by atoms with Gasteiger partial charge in [-0.25, -0.2) is 5.84 Å². The zero-order chi connectivity index (χ0) is 13.1. The Morgan fingerprint density at radius 1 is 1.44 bits per heavy atom. The molecule has 3 amide bonds. The molecule has 2 rings (SSSR count). The predicted octanol–water partition coefficient (Wildman–Crippen LogP) is -1.66. The summed E-state index contributed by atoms with van der Waals surface area (Å²) in [6.45, 7) is 0.458. The Kier molecular flexibility index (Phi) is 3.40. The van der Waals surface area contributed by atoms with Crippen molar-refractivity contribution >= 4 is 17.7 Å². The van der Waals surface area contributed by atoms with E-state index < -0.39 is 5.91 Å². The molecule has 0 radical (unpaired) electrons. The Hall–Kier alpha value is -2.19. The largest absolute Gasteiger partial charge is 0.459 e. The molecule has 1 aromatic rings. The minimum atomic E-state index is -0.553. The average Bonchev–Trinajstić information content (AvgIpc) is 2.74. The number of nitrogens with zero attached hydrogens (tertiary/aromatic N) is 1. The molecule has 8 heteroatoms. The summed E-state index contributed by atoms with van der Waals surface area (Å²) >= 11 is 0. The molecule has 0 spiro atoms. The van der Waals surface area contributed by atoms with Crippen molar-refractivity contribution in [3.05, 3.63) is 23.7 Å². The van der Waals surface area contributed by atoms with Gasteiger partial charge >= 0.3 is 5.91 Å². The van der Waals surface area contributed by atoms with Crippen LogP contribution in [0.2, 0.25) is 0 Å². The molecule has 1 aliphatic rings. The molecule has 1 aliphatic heterocycles. The van der Waals surface area contributed by atoms with Crippen molar-refractivity contribution in [2.45, 2.75) is 6.54 Å². The zero-order valence-corrected chi connectivity index (χ0v) is 9.43. The van der Waals surface area contributed by atoms with E-state index in [1.807, 2.05) is 5.43 Å². The quantitative estimate of drug-likeness (QED) is 0.256. The number of piperazine rings is 1. The summed E-state index contributed by atoms with van der Waals surface area (Å²) in [4.78, 5) is 35.4. The van der Waals surface area contributed by atoms with Crippen LogP contribution in [-0.4, -0.2) is 35.7 Å². The number of amides is 3. The Balaban J connectivity index is 2.09. The van der Waals surface area contributed by atoms with Gasteiger partial charge in [-0.2, -0.15) is 0 Å². The number of rotatable bonds is 3. The first-order valence-electron chi connectivity index (χ1n) is 5.22. The van der Waals surface area contributed by atoms with Crippen LogP contribution >= 0.6 is 0 Å². The molecule has 8 nitrogen and oxygen atoms in total. The van der Waals surface area contributed by atoms with Crippen molar-refractivity contribution in [1.82, 2.24) is 15.6 Å². The van der Waals surface area contributed by atoms with E-state index in [1.165, 1.54) is 6.26 Å². The highest BCUT2D eigenvalue weighted by Gasteiger charge is 2.24. The van der Waals surface area contributed by atoms with Crippen molar-refractivity contribution in [2.24, 2.45) is 5.84 Å². The molecular formula is C10H12N4O4. The van der Waals surface area contributed by atoms with E-state index in [1.54, 1.807) is 11.0 Å². The maximum atomic E-state index is 11.4. The van der Waals surface area contributed by atoms with Gasteiger partial charge in [-0.05, 0) is 6.07 Å². The topological polar surface area (TPSA) is 118 Å².